The fraction of sp³-hybridized carbons (Fsp3) is 0.533. The van der Waals surface area contributed by atoms with Gasteiger partial charge in [-0.25, -0.2) is 17.2 Å². The highest BCUT2D eigenvalue weighted by Gasteiger charge is 2.36. The van der Waals surface area contributed by atoms with Crippen LogP contribution in [0.25, 0.3) is 0 Å². The van der Waals surface area contributed by atoms with E-state index in [1.807, 2.05) is 0 Å². The van der Waals surface area contributed by atoms with E-state index in [0.29, 0.717) is 4.90 Å². The van der Waals surface area contributed by atoms with Gasteiger partial charge in [0.2, 0.25) is 5.91 Å². The lowest BCUT2D eigenvalue weighted by Crippen LogP contribution is -2.44. The molecular formula is C15H19F2NO3S2. The molecule has 0 saturated heterocycles. The normalized spacial score (nSPS) is 16.2. The van der Waals surface area contributed by atoms with E-state index in [0.717, 1.165) is 43.0 Å². The maximum Gasteiger partial charge on any atom is 0.233 e. The van der Waals surface area contributed by atoms with E-state index in [2.05, 4.69) is 0 Å². The lowest BCUT2D eigenvalue weighted by molar-refractivity contribution is -0.130. The highest BCUT2D eigenvalue weighted by atomic mass is 32.2. The predicted molar refractivity (Wildman–Crippen MR) is 86.1 cm³/mol. The van der Waals surface area contributed by atoms with E-state index >= 15 is 0 Å². The van der Waals surface area contributed by atoms with Gasteiger partial charge in [0.1, 0.15) is 9.84 Å². The third-order valence-corrected chi connectivity index (χ3v) is 5.57. The predicted octanol–water partition coefficient (Wildman–Crippen LogP) is 2.48. The Labute approximate surface area is 139 Å². The first-order valence-electron chi connectivity index (χ1n) is 7.24. The number of rotatable bonds is 7. The van der Waals surface area contributed by atoms with Gasteiger partial charge in [-0.1, -0.05) is 0 Å². The summed E-state index contributed by atoms with van der Waals surface area (Å²) in [6.45, 7) is 1.72. The van der Waals surface area contributed by atoms with Crippen LogP contribution in [-0.2, 0) is 14.6 Å². The quantitative estimate of drug-likeness (QED) is 0.699. The van der Waals surface area contributed by atoms with Crippen LogP contribution in [0.2, 0.25) is 0 Å². The number of carbonyl (C=O) groups is 1. The number of sulfone groups is 1. The maximum absolute atomic E-state index is 13.2. The van der Waals surface area contributed by atoms with Crippen LogP contribution in [0.4, 0.5) is 8.78 Å². The van der Waals surface area contributed by atoms with Crippen LogP contribution in [0.5, 0.6) is 0 Å². The molecule has 0 spiro atoms. The zero-order valence-corrected chi connectivity index (χ0v) is 14.6. The van der Waals surface area contributed by atoms with E-state index in [1.54, 1.807) is 11.8 Å². The van der Waals surface area contributed by atoms with Crippen LogP contribution in [0.15, 0.2) is 23.1 Å². The molecule has 1 aliphatic carbocycles. The van der Waals surface area contributed by atoms with Crippen LogP contribution >= 0.6 is 11.8 Å². The summed E-state index contributed by atoms with van der Waals surface area (Å²) in [5.41, 5.74) is 0. The molecule has 0 N–H and O–H groups in total. The molecule has 2 rings (SSSR count). The SMILES string of the molecule is CC(CS(C)(=O)=O)N(C(=O)CSc1ccc(F)c(F)c1)C1CC1. The Morgan fingerprint density at radius 1 is 1.35 bits per heavy atom. The fourth-order valence-electron chi connectivity index (χ4n) is 2.47. The number of carbonyl (C=O) groups excluding carboxylic acids is 1. The molecule has 0 heterocycles. The molecule has 1 aromatic rings. The number of nitrogens with zero attached hydrogens (tertiary/aromatic N) is 1. The molecule has 1 atom stereocenters. The molecule has 1 saturated carbocycles. The summed E-state index contributed by atoms with van der Waals surface area (Å²) in [4.78, 5) is 14.5. The second-order valence-corrected chi connectivity index (χ2v) is 9.07. The molecule has 0 bridgehead atoms. The van der Waals surface area contributed by atoms with Crippen LogP contribution in [0, 0.1) is 11.6 Å². The van der Waals surface area contributed by atoms with E-state index < -0.39 is 27.5 Å². The minimum atomic E-state index is -3.18. The van der Waals surface area contributed by atoms with Crippen LogP contribution in [-0.4, -0.2) is 49.1 Å². The highest BCUT2D eigenvalue weighted by molar-refractivity contribution is 8.00. The van der Waals surface area contributed by atoms with Crippen molar-refractivity contribution in [2.75, 3.05) is 17.8 Å². The summed E-state index contributed by atoms with van der Waals surface area (Å²) >= 11 is 1.11. The summed E-state index contributed by atoms with van der Waals surface area (Å²) in [5, 5.41) is 0. The van der Waals surface area contributed by atoms with Gasteiger partial charge in [0.05, 0.1) is 11.5 Å². The zero-order chi connectivity index (χ0) is 17.2. The molecule has 1 amide bonds. The number of hydrogen-bond acceptors (Lipinski definition) is 4. The van der Waals surface area contributed by atoms with Crippen molar-refractivity contribution < 1.29 is 22.0 Å². The minimum absolute atomic E-state index is 0.0652. The lowest BCUT2D eigenvalue weighted by Gasteiger charge is -2.29. The molecule has 4 nitrogen and oxygen atoms in total. The summed E-state index contributed by atoms with van der Waals surface area (Å²) in [7, 11) is -3.18. The van der Waals surface area contributed by atoms with Crippen molar-refractivity contribution >= 4 is 27.5 Å². The van der Waals surface area contributed by atoms with Crippen molar-refractivity contribution in [3.05, 3.63) is 29.8 Å². The largest absolute Gasteiger partial charge is 0.335 e. The van der Waals surface area contributed by atoms with Crippen molar-refractivity contribution in [3.63, 3.8) is 0 Å². The Bertz CT molecular complexity index is 690. The van der Waals surface area contributed by atoms with Gasteiger partial charge in [-0.3, -0.25) is 4.79 Å². The summed E-state index contributed by atoms with van der Waals surface area (Å²) in [5.74, 6) is -2.08. The van der Waals surface area contributed by atoms with Crippen molar-refractivity contribution in [1.82, 2.24) is 4.90 Å². The minimum Gasteiger partial charge on any atom is -0.335 e. The third-order valence-electron chi connectivity index (χ3n) is 3.50. The fourth-order valence-corrected chi connectivity index (χ4v) is 4.29. The average molecular weight is 363 g/mol. The molecule has 0 radical (unpaired) electrons. The molecule has 1 aromatic carbocycles. The van der Waals surface area contributed by atoms with E-state index in [-0.39, 0.29) is 23.5 Å². The maximum atomic E-state index is 13.2. The molecule has 0 aliphatic heterocycles. The second kappa shape index (κ2) is 7.17. The van der Waals surface area contributed by atoms with E-state index in [1.165, 1.54) is 6.07 Å². The van der Waals surface area contributed by atoms with Gasteiger partial charge < -0.3 is 4.90 Å². The average Bonchev–Trinajstić information content (AvgIpc) is 3.23. The number of hydrogen-bond donors (Lipinski definition) is 0. The molecule has 1 unspecified atom stereocenters. The van der Waals surface area contributed by atoms with E-state index in [9.17, 15) is 22.0 Å². The number of amides is 1. The van der Waals surface area contributed by atoms with Gasteiger partial charge in [-0.15, -0.1) is 11.8 Å². The van der Waals surface area contributed by atoms with Crippen molar-refractivity contribution in [2.24, 2.45) is 0 Å². The molecular weight excluding hydrogens is 344 g/mol. The van der Waals surface area contributed by atoms with Crippen molar-refractivity contribution in [2.45, 2.75) is 36.7 Å². The summed E-state index contributed by atoms with van der Waals surface area (Å²) < 4.78 is 48.9. The van der Waals surface area contributed by atoms with Crippen molar-refractivity contribution in [3.8, 4) is 0 Å². The summed E-state index contributed by atoms with van der Waals surface area (Å²) in [6, 6.07) is 3.18. The first-order valence-corrected chi connectivity index (χ1v) is 10.3. The highest BCUT2D eigenvalue weighted by Crippen LogP contribution is 2.30. The summed E-state index contributed by atoms with van der Waals surface area (Å²) in [6.07, 6.45) is 2.89. The first kappa shape index (κ1) is 18.2. The van der Waals surface area contributed by atoms with E-state index in [4.69, 9.17) is 0 Å². The molecule has 8 heteroatoms. The van der Waals surface area contributed by atoms with Gasteiger partial charge in [0.25, 0.3) is 0 Å². The standard InChI is InChI=1S/C15H19F2NO3S2/c1-10(9-23(2,20)21)18(11-3-4-11)15(19)8-22-12-5-6-13(16)14(17)7-12/h5-7,10-11H,3-4,8-9H2,1-2H3. The Morgan fingerprint density at radius 3 is 2.52 bits per heavy atom. The second-order valence-electron chi connectivity index (χ2n) is 5.84. The zero-order valence-electron chi connectivity index (χ0n) is 13.0. The van der Waals surface area contributed by atoms with Gasteiger partial charge in [-0.2, -0.15) is 0 Å². The van der Waals surface area contributed by atoms with Crippen LogP contribution in [0.1, 0.15) is 19.8 Å². The van der Waals surface area contributed by atoms with Crippen LogP contribution < -0.4 is 0 Å². The molecule has 0 aromatic heterocycles. The van der Waals surface area contributed by atoms with Gasteiger partial charge in [0, 0.05) is 23.2 Å². The molecule has 128 valence electrons. The smallest absolute Gasteiger partial charge is 0.233 e. The Morgan fingerprint density at radius 2 is 2.00 bits per heavy atom. The number of thioether (sulfide) groups is 1. The Balaban J connectivity index is 1.99. The number of halogens is 2. The lowest BCUT2D eigenvalue weighted by atomic mass is 10.3. The molecule has 1 aliphatic rings. The van der Waals surface area contributed by atoms with Crippen molar-refractivity contribution in [1.29, 1.82) is 0 Å². The van der Waals surface area contributed by atoms with Gasteiger partial charge >= 0.3 is 0 Å². The van der Waals surface area contributed by atoms with Crippen LogP contribution in [0.3, 0.4) is 0 Å². The molecule has 23 heavy (non-hydrogen) atoms. The Hall–Kier alpha value is -1.15. The topological polar surface area (TPSA) is 54.5 Å². The molecule has 1 fully saturated rings. The Kier molecular flexibility index (Phi) is 5.67. The van der Waals surface area contributed by atoms with Gasteiger partial charge in [0.15, 0.2) is 11.6 Å². The first-order chi connectivity index (χ1) is 10.7. The number of benzene rings is 1. The monoisotopic (exact) mass is 363 g/mol. The van der Waals surface area contributed by atoms with Gasteiger partial charge in [-0.05, 0) is 38.0 Å². The third kappa shape index (κ3) is 5.46.